The average molecular weight is 1150 g/mol. The number of carbonyl (C=O) groups excluding carboxylic acids is 5. The van der Waals surface area contributed by atoms with E-state index in [-0.39, 0.29) is 68.7 Å². The van der Waals surface area contributed by atoms with E-state index >= 15 is 0 Å². The number of anilines is 1. The van der Waals surface area contributed by atoms with Crippen molar-refractivity contribution >= 4 is 46.6 Å². The fourth-order valence-corrected chi connectivity index (χ4v) is 9.78. The number of aromatic nitrogens is 6. The monoisotopic (exact) mass is 1140 g/mol. The second-order valence-electron chi connectivity index (χ2n) is 21.0. The number of aliphatic hydroxyl groups is 1. The maximum Gasteiger partial charge on any atom is 0.251 e. The summed E-state index contributed by atoms with van der Waals surface area (Å²) >= 11 is 1.58. The Labute approximate surface area is 482 Å². The van der Waals surface area contributed by atoms with Crippen molar-refractivity contribution in [1.29, 1.82) is 0 Å². The number of nitrogens with one attached hydrogen (secondary N) is 5. The lowest BCUT2D eigenvalue weighted by atomic mass is 9.84. The first-order valence-electron chi connectivity index (χ1n) is 27.6. The molecular weight excluding hydrogens is 1070 g/mol. The number of nitrogens with zero attached hydrogens (tertiary/aromatic N) is 7. The third kappa shape index (κ3) is 19.5. The highest BCUT2D eigenvalue weighted by Crippen LogP contribution is 2.28. The smallest absolute Gasteiger partial charge is 0.251 e. The molecule has 0 spiro atoms. The number of likely N-dealkylation sites (tertiary alicyclic amines) is 1. The third-order valence-corrected chi connectivity index (χ3v) is 14.5. The Balaban J connectivity index is 0.675. The lowest BCUT2D eigenvalue weighted by Crippen LogP contribution is -2.59. The number of β-amino-alcohol motifs (C(OH)–C–C–N with tert-alkyl or cyclic N) is 1. The van der Waals surface area contributed by atoms with Gasteiger partial charge < -0.3 is 60.1 Å². The van der Waals surface area contributed by atoms with E-state index in [2.05, 4.69) is 51.7 Å². The number of amides is 5. The van der Waals surface area contributed by atoms with Crippen LogP contribution >= 0.6 is 11.3 Å². The molecule has 1 aliphatic heterocycles. The van der Waals surface area contributed by atoms with Crippen LogP contribution in [0.2, 0.25) is 0 Å². The van der Waals surface area contributed by atoms with Crippen molar-refractivity contribution in [2.45, 2.75) is 91.6 Å². The van der Waals surface area contributed by atoms with Gasteiger partial charge in [-0.15, -0.1) is 21.5 Å². The summed E-state index contributed by atoms with van der Waals surface area (Å²) in [5.41, 5.74) is 6.95. The zero-order valence-corrected chi connectivity index (χ0v) is 48.2. The Morgan fingerprint density at radius 2 is 1.52 bits per heavy atom. The van der Waals surface area contributed by atoms with Gasteiger partial charge in [-0.3, -0.25) is 24.0 Å². The molecule has 0 radical (unpaired) electrons. The van der Waals surface area contributed by atoms with Crippen LogP contribution in [0.25, 0.3) is 22.0 Å². The molecular formula is C59H76N12O10S. The molecule has 23 heteroatoms. The number of benzene rings is 3. The number of ether oxygens (including phenoxy) is 4. The van der Waals surface area contributed by atoms with Crippen LogP contribution < -0.4 is 31.3 Å². The van der Waals surface area contributed by atoms with E-state index in [4.69, 9.17) is 18.9 Å². The summed E-state index contributed by atoms with van der Waals surface area (Å²) < 4.78 is 24.6. The van der Waals surface area contributed by atoms with Gasteiger partial charge in [-0.25, -0.2) is 15.0 Å². The van der Waals surface area contributed by atoms with Crippen molar-refractivity contribution in [3.8, 4) is 27.7 Å². The van der Waals surface area contributed by atoms with Crippen LogP contribution in [0.5, 0.6) is 5.75 Å². The van der Waals surface area contributed by atoms with Gasteiger partial charge in [0.05, 0.1) is 80.9 Å². The molecule has 7 rings (SSSR count). The number of aryl methyl sites for hydroxylation is 1. The molecule has 6 aromatic rings. The van der Waals surface area contributed by atoms with Crippen LogP contribution in [-0.4, -0.2) is 147 Å². The van der Waals surface area contributed by atoms with Gasteiger partial charge in [-0.05, 0) is 84.7 Å². The van der Waals surface area contributed by atoms with Gasteiger partial charge in [-0.1, -0.05) is 63.2 Å². The predicted molar refractivity (Wildman–Crippen MR) is 309 cm³/mol. The molecule has 0 aliphatic carbocycles. The molecule has 0 unspecified atom stereocenters. The van der Waals surface area contributed by atoms with Crippen LogP contribution in [0.4, 0.5) is 5.69 Å². The Bertz CT molecular complexity index is 3010. The van der Waals surface area contributed by atoms with Crippen LogP contribution in [0, 0.1) is 18.3 Å². The van der Waals surface area contributed by atoms with E-state index in [0.717, 1.165) is 32.9 Å². The predicted octanol–water partition coefficient (Wildman–Crippen LogP) is 5.41. The molecule has 4 heterocycles. The van der Waals surface area contributed by atoms with Crippen LogP contribution in [0.1, 0.15) is 85.9 Å². The number of aliphatic hydroxyl groups excluding tert-OH is 1. The maximum atomic E-state index is 13.9. The molecule has 438 valence electrons. The standard InChI is InChI=1S/C59H76N12O10S/c1-40-53(82-39-66-40)43-17-15-41(16-18-43)33-63-57(76)45-32-47(72)37-71(36-45)58(77)54(59(2,3)4)67-52(74)20-24-78-26-28-80-29-27-79-25-22-61-51(73)14-6-7-23-81-48-13-8-10-42(30-48)34-64-56(75)44-11-9-12-46(31-44)62-35-50-68-69-55(70(50)5)49-19-21-60-38-65-49/h8-13,15-19,21,30-31,38-39,45,47,54,62,72H,6-7,14,20,22-29,32-37H2,1-5H3,(H,61,73)(H,63,76)(H,64,75)(H,67,74)/t45-,47-,54-/m1/s1. The highest BCUT2D eigenvalue weighted by atomic mass is 32.1. The van der Waals surface area contributed by atoms with Crippen molar-refractivity contribution < 1.29 is 48.0 Å². The summed E-state index contributed by atoms with van der Waals surface area (Å²) in [6, 6.07) is 23.6. The number of hydrogen-bond donors (Lipinski definition) is 6. The molecule has 3 aromatic heterocycles. The third-order valence-electron chi connectivity index (χ3n) is 13.5. The van der Waals surface area contributed by atoms with E-state index in [0.29, 0.717) is 107 Å². The summed E-state index contributed by atoms with van der Waals surface area (Å²) in [6.45, 7) is 11.2. The quantitative estimate of drug-likeness (QED) is 0.0297. The first-order chi connectivity index (χ1) is 39.6. The van der Waals surface area contributed by atoms with Crippen LogP contribution in [0.3, 0.4) is 0 Å². The van der Waals surface area contributed by atoms with Gasteiger partial charge in [0.2, 0.25) is 23.6 Å². The Morgan fingerprint density at radius 1 is 0.768 bits per heavy atom. The van der Waals surface area contributed by atoms with E-state index in [1.165, 1.54) is 11.2 Å². The zero-order chi connectivity index (χ0) is 58.3. The molecule has 22 nitrogen and oxygen atoms in total. The second kappa shape index (κ2) is 31.5. The molecule has 82 heavy (non-hydrogen) atoms. The van der Waals surface area contributed by atoms with Gasteiger partial charge in [-0.2, -0.15) is 0 Å². The van der Waals surface area contributed by atoms with Crippen molar-refractivity contribution in [1.82, 2.24) is 55.9 Å². The van der Waals surface area contributed by atoms with Crippen molar-refractivity contribution in [3.05, 3.63) is 125 Å². The summed E-state index contributed by atoms with van der Waals surface area (Å²) in [4.78, 5) is 80.8. The van der Waals surface area contributed by atoms with Gasteiger partial charge >= 0.3 is 0 Å². The van der Waals surface area contributed by atoms with Gasteiger partial charge in [0, 0.05) is 70.1 Å². The fourth-order valence-electron chi connectivity index (χ4n) is 8.97. The molecule has 5 amide bonds. The van der Waals surface area contributed by atoms with Gasteiger partial charge in [0.25, 0.3) is 5.91 Å². The summed E-state index contributed by atoms with van der Waals surface area (Å²) in [7, 11) is 1.87. The van der Waals surface area contributed by atoms with Gasteiger partial charge in [0.1, 0.15) is 23.8 Å². The van der Waals surface area contributed by atoms with Crippen molar-refractivity contribution in [2.24, 2.45) is 18.4 Å². The first-order valence-corrected chi connectivity index (χ1v) is 28.5. The summed E-state index contributed by atoms with van der Waals surface area (Å²) in [6.07, 6.45) is 4.18. The number of piperidine rings is 1. The van der Waals surface area contributed by atoms with Crippen molar-refractivity contribution in [2.75, 3.05) is 71.2 Å². The lowest BCUT2D eigenvalue weighted by Gasteiger charge is -2.40. The first kappa shape index (κ1) is 61.9. The topological polar surface area (TPSA) is 275 Å². The molecule has 6 N–H and O–H groups in total. The highest BCUT2D eigenvalue weighted by molar-refractivity contribution is 7.13. The second-order valence-corrected chi connectivity index (χ2v) is 21.8. The molecule has 1 saturated heterocycles. The highest BCUT2D eigenvalue weighted by Gasteiger charge is 2.40. The molecule has 3 aromatic carbocycles. The van der Waals surface area contributed by atoms with E-state index in [1.54, 1.807) is 35.7 Å². The van der Waals surface area contributed by atoms with Crippen molar-refractivity contribution in [3.63, 3.8) is 0 Å². The summed E-state index contributed by atoms with van der Waals surface area (Å²) in [5.74, 6) is 0.156. The van der Waals surface area contributed by atoms with E-state index < -0.39 is 23.5 Å². The minimum absolute atomic E-state index is 0.0272. The number of thiazole rings is 1. The SMILES string of the molecule is Cc1ncsc1-c1ccc(CNC(=O)[C@@H]2C[C@@H](O)CN(C(=O)[C@@H](NC(=O)CCOCCOCCOCCNC(=O)CCCCOc3cccc(CNC(=O)c4cccc(NCc5nnc(-c6ccncn6)n5C)c4)c3)C(C)(C)C)C2)cc1. The number of unbranched alkanes of at least 4 members (excludes halogenated alkanes) is 1. The molecule has 1 aliphatic rings. The number of rotatable bonds is 31. The Morgan fingerprint density at radius 3 is 2.27 bits per heavy atom. The number of carbonyl (C=O) groups is 5. The summed E-state index contributed by atoms with van der Waals surface area (Å²) in [5, 5.41) is 34.3. The molecule has 0 bridgehead atoms. The number of hydrogen-bond acceptors (Lipinski definition) is 17. The average Bonchev–Trinajstić information content (AvgIpc) is 4.13. The fraction of sp³-hybridized carbons (Fsp3) is 0.458. The van der Waals surface area contributed by atoms with Gasteiger partial charge in [0.15, 0.2) is 11.6 Å². The lowest BCUT2D eigenvalue weighted by molar-refractivity contribution is -0.145. The normalized spacial score (nSPS) is 14.6. The Kier molecular flexibility index (Phi) is 23.8. The molecule has 0 saturated carbocycles. The largest absolute Gasteiger partial charge is 0.494 e. The van der Waals surface area contributed by atoms with Crippen LogP contribution in [-0.2, 0) is 60.1 Å². The Hall–Kier alpha value is -7.70. The van der Waals surface area contributed by atoms with E-state index in [1.807, 2.05) is 105 Å². The van der Waals surface area contributed by atoms with E-state index in [9.17, 15) is 29.1 Å². The maximum absolute atomic E-state index is 13.9. The molecule has 1 fully saturated rings. The molecule has 3 atom stereocenters. The minimum Gasteiger partial charge on any atom is -0.494 e. The van der Waals surface area contributed by atoms with Crippen LogP contribution in [0.15, 0.2) is 96.9 Å². The zero-order valence-electron chi connectivity index (χ0n) is 47.4. The minimum atomic E-state index is -0.887.